The van der Waals surface area contributed by atoms with Gasteiger partial charge in [0.25, 0.3) is 11.8 Å². The zero-order chi connectivity index (χ0) is 41.5. The van der Waals surface area contributed by atoms with E-state index in [1.807, 2.05) is 24.0 Å². The van der Waals surface area contributed by atoms with Gasteiger partial charge < -0.3 is 19.1 Å². The van der Waals surface area contributed by atoms with E-state index in [-0.39, 0.29) is 52.0 Å². The summed E-state index contributed by atoms with van der Waals surface area (Å²) in [5.74, 6) is -1.21. The van der Waals surface area contributed by atoms with Gasteiger partial charge in [0.2, 0.25) is 12.3 Å². The number of aromatic nitrogens is 2. The molecule has 4 heterocycles. The Hall–Kier alpha value is -4.05. The minimum Gasteiger partial charge on any atom is -0.490 e. The van der Waals surface area contributed by atoms with E-state index >= 15 is 0 Å². The molecule has 0 radical (unpaired) electrons. The molecule has 12 nitrogen and oxygen atoms in total. The number of nitrogens with zero attached hydrogens (tertiary/aromatic N) is 5. The molecule has 1 unspecified atom stereocenters. The number of nitrogens with one attached hydrogen (secondary N) is 1. The van der Waals surface area contributed by atoms with Crippen LogP contribution in [0, 0.1) is 23.7 Å². The molecule has 2 bridgehead atoms. The Labute approximate surface area is 349 Å². The summed E-state index contributed by atoms with van der Waals surface area (Å²) in [4.78, 5) is 32.1. The highest BCUT2D eigenvalue weighted by Crippen LogP contribution is 2.47. The number of anilines is 1. The first-order chi connectivity index (χ1) is 28.3. The molecule has 3 aromatic rings. The number of carbonyl (C=O) groups is 2. The zero-order valence-electron chi connectivity index (χ0n) is 33.8. The molecule has 1 spiro atoms. The number of amides is 2. The maximum atomic E-state index is 14.8. The van der Waals surface area contributed by atoms with E-state index in [4.69, 9.17) is 25.8 Å². The molecule has 2 aromatic carbocycles. The van der Waals surface area contributed by atoms with E-state index < -0.39 is 34.1 Å². The Morgan fingerprint density at radius 3 is 2.76 bits per heavy atom. The largest absolute Gasteiger partial charge is 0.490 e. The van der Waals surface area contributed by atoms with Crippen molar-refractivity contribution in [2.24, 2.45) is 35.1 Å². The van der Waals surface area contributed by atoms with Gasteiger partial charge in [-0.2, -0.15) is 0 Å². The summed E-state index contributed by atoms with van der Waals surface area (Å²) in [6, 6.07) is 11.4. The summed E-state index contributed by atoms with van der Waals surface area (Å²) in [6.45, 7) is 5.41. The van der Waals surface area contributed by atoms with Crippen LogP contribution in [0.3, 0.4) is 0 Å². The molecule has 1 aromatic heterocycles. The summed E-state index contributed by atoms with van der Waals surface area (Å²) >= 11 is 6.49. The number of aryl methyl sites for hydroxylation is 2. The van der Waals surface area contributed by atoms with Gasteiger partial charge in [0.1, 0.15) is 21.2 Å². The van der Waals surface area contributed by atoms with Crippen LogP contribution in [0.5, 0.6) is 11.6 Å². The highest BCUT2D eigenvalue weighted by Gasteiger charge is 2.45. The first kappa shape index (κ1) is 41.7. The Bertz CT molecular complexity index is 2220. The van der Waals surface area contributed by atoms with Gasteiger partial charge in [0.15, 0.2) is 0 Å². The van der Waals surface area contributed by atoms with Crippen LogP contribution in [-0.2, 0) is 33.5 Å². The minimum atomic E-state index is -3.68. The van der Waals surface area contributed by atoms with Crippen molar-refractivity contribution in [3.05, 3.63) is 82.0 Å². The molecule has 1 saturated carbocycles. The number of rotatable bonds is 8. The number of hydrogen-bond acceptors (Lipinski definition) is 9. The summed E-state index contributed by atoms with van der Waals surface area (Å²) < 4.78 is 68.0. The molecule has 59 heavy (non-hydrogen) atoms. The number of halogens is 3. The third-order valence-electron chi connectivity index (χ3n) is 12.8. The van der Waals surface area contributed by atoms with Crippen molar-refractivity contribution in [1.82, 2.24) is 19.4 Å². The Kier molecular flexibility index (Phi) is 12.1. The molecule has 318 valence electrons. The number of methoxy groups -OCH3 is 1. The van der Waals surface area contributed by atoms with E-state index in [0.717, 1.165) is 37.8 Å². The first-order valence-electron chi connectivity index (χ1n) is 20.6. The van der Waals surface area contributed by atoms with Gasteiger partial charge in [0.05, 0.1) is 37.9 Å². The van der Waals surface area contributed by atoms with Crippen molar-refractivity contribution >= 4 is 39.0 Å². The standard InChI is InChI=1S/C43H53ClF2N6O6S/c1-27-6-4-8-37(57-17-16-51-20-31(21-51)39(45)46)33-12-9-30(33)22-52-25-43(15-5-7-28-18-32(44)11-13-35(28)43)26-58-38-14-10-29(19-36(38)52)40(53)48-59(55,24-27)49-41(54)34-23-50(2)47-42(34)56-3/h4,8,10-11,13-14,18-19,23,27,30-31,33,37,39H,5-7,9,12,15-17,20-22,24-26H2,1-3H3,(H,48,49,53,54,55)/b8-4+/t27-,30-,33+,37-,43-,59?/m0/s1. The lowest BCUT2D eigenvalue weighted by Gasteiger charge is -2.46. The lowest BCUT2D eigenvalue weighted by atomic mass is 9.68. The molecule has 5 aliphatic rings. The quantitative estimate of drug-likeness (QED) is 0.246. The second-order valence-corrected chi connectivity index (χ2v) is 19.5. The number of fused-ring (bicyclic) bond motifs is 4. The number of carbonyl (C=O) groups excluding carboxylic acids is 2. The van der Waals surface area contributed by atoms with Crippen LogP contribution in [0.25, 0.3) is 0 Å². The Balaban J connectivity index is 1.15. The normalized spacial score (nSPS) is 29.3. The number of alkyl halides is 2. The predicted molar refractivity (Wildman–Crippen MR) is 222 cm³/mol. The second-order valence-electron chi connectivity index (χ2n) is 17.1. The molecule has 6 atom stereocenters. The fraction of sp³-hybridized carbons (Fsp3) is 0.558. The highest BCUT2D eigenvalue weighted by atomic mass is 35.5. The summed E-state index contributed by atoms with van der Waals surface area (Å²) in [5.41, 5.74) is 3.16. The molecule has 3 aliphatic heterocycles. The van der Waals surface area contributed by atoms with Crippen molar-refractivity contribution in [3.63, 3.8) is 0 Å². The van der Waals surface area contributed by atoms with Gasteiger partial charge in [-0.05, 0) is 97.7 Å². The molecule has 2 amide bonds. The van der Waals surface area contributed by atoms with Crippen LogP contribution in [0.2, 0.25) is 5.02 Å². The van der Waals surface area contributed by atoms with E-state index in [0.29, 0.717) is 63.1 Å². The van der Waals surface area contributed by atoms with Gasteiger partial charge in [-0.25, -0.2) is 13.0 Å². The molecule has 1 N–H and O–H groups in total. The van der Waals surface area contributed by atoms with E-state index in [1.165, 1.54) is 29.1 Å². The second kappa shape index (κ2) is 17.1. The average molecular weight is 855 g/mol. The lowest BCUT2D eigenvalue weighted by molar-refractivity contribution is -0.0553. The summed E-state index contributed by atoms with van der Waals surface area (Å²) in [5, 5.41) is 4.86. The van der Waals surface area contributed by atoms with Crippen molar-refractivity contribution in [2.45, 2.75) is 63.4 Å². The topological polar surface area (TPSA) is 128 Å². The monoisotopic (exact) mass is 854 g/mol. The number of hydrogen-bond donors (Lipinski definition) is 1. The van der Waals surface area contributed by atoms with E-state index in [1.54, 1.807) is 25.2 Å². The fourth-order valence-corrected chi connectivity index (χ4v) is 11.6. The predicted octanol–water partition coefficient (Wildman–Crippen LogP) is 6.71. The minimum absolute atomic E-state index is 0.0547. The van der Waals surface area contributed by atoms with Gasteiger partial charge in [-0.15, -0.1) is 9.46 Å². The lowest BCUT2D eigenvalue weighted by Crippen LogP contribution is -2.51. The maximum Gasteiger partial charge on any atom is 0.286 e. The third kappa shape index (κ3) is 8.89. The molecule has 16 heteroatoms. The van der Waals surface area contributed by atoms with Crippen LogP contribution in [0.15, 0.2) is 59.1 Å². The number of likely N-dealkylation sites (tertiary alicyclic amines) is 1. The zero-order valence-corrected chi connectivity index (χ0v) is 35.4. The van der Waals surface area contributed by atoms with E-state index in [9.17, 15) is 22.6 Å². The molecule has 2 fully saturated rings. The van der Waals surface area contributed by atoms with Gasteiger partial charge in [0, 0.05) is 67.9 Å². The number of ether oxygens (including phenoxy) is 3. The van der Waals surface area contributed by atoms with Gasteiger partial charge >= 0.3 is 0 Å². The SMILES string of the molecule is COc1nn(C)cc1C(=O)NS1(=O)=NC(=O)c2ccc3c(c2)N(C[C@@H]2CC[C@H]2[C@@H](OCCN2CC(C(F)F)C2)/C=C/C[C@H](C)C1)C[C@@]1(CCCc2cc(Cl)ccc21)CO3. The third-order valence-corrected chi connectivity index (χ3v) is 15.0. The van der Waals surface area contributed by atoms with Crippen molar-refractivity contribution in [1.29, 1.82) is 0 Å². The molecular weight excluding hydrogens is 802 g/mol. The van der Waals surface area contributed by atoms with Crippen molar-refractivity contribution in [2.75, 3.05) is 63.7 Å². The number of benzene rings is 2. The smallest absolute Gasteiger partial charge is 0.286 e. The van der Waals surface area contributed by atoms with Gasteiger partial charge in [-0.1, -0.05) is 36.7 Å². The number of allylic oxidation sites excluding steroid dienone is 1. The summed E-state index contributed by atoms with van der Waals surface area (Å²) in [6.07, 6.45) is 8.32. The fourth-order valence-electron chi connectivity index (χ4n) is 9.54. The Morgan fingerprint density at radius 1 is 1.17 bits per heavy atom. The van der Waals surface area contributed by atoms with Gasteiger partial charge in [-0.3, -0.25) is 23.9 Å². The first-order valence-corrected chi connectivity index (χ1v) is 22.7. The molecular formula is C43H53ClF2N6O6S. The average Bonchev–Trinajstić information content (AvgIpc) is 3.48. The van der Waals surface area contributed by atoms with Crippen molar-refractivity contribution in [3.8, 4) is 11.6 Å². The van der Waals surface area contributed by atoms with Crippen molar-refractivity contribution < 1.29 is 36.8 Å². The maximum absolute atomic E-state index is 14.8. The van der Waals surface area contributed by atoms with Crippen LogP contribution in [-0.4, -0.2) is 102 Å². The van der Waals surface area contributed by atoms with Crippen LogP contribution < -0.4 is 19.1 Å². The van der Waals surface area contributed by atoms with Crippen LogP contribution >= 0.6 is 11.6 Å². The molecule has 8 rings (SSSR count). The van der Waals surface area contributed by atoms with Crippen LogP contribution in [0.4, 0.5) is 14.5 Å². The molecule has 1 saturated heterocycles. The molecule has 2 aliphatic carbocycles. The Morgan fingerprint density at radius 2 is 2.00 bits per heavy atom. The summed E-state index contributed by atoms with van der Waals surface area (Å²) in [7, 11) is -0.650. The van der Waals surface area contributed by atoms with E-state index in [2.05, 4.69) is 37.3 Å². The highest BCUT2D eigenvalue weighted by molar-refractivity contribution is 7.92. The van der Waals surface area contributed by atoms with Crippen LogP contribution in [0.1, 0.15) is 70.9 Å².